The smallest absolute Gasteiger partial charge is 0.180 e. The zero-order valence-electron chi connectivity index (χ0n) is 31.2. The number of fused-ring (bicyclic) bond motifs is 9. The van der Waals surface area contributed by atoms with Crippen LogP contribution in [0.5, 0.6) is 0 Å². The number of aromatic nitrogens is 2. The van der Waals surface area contributed by atoms with Gasteiger partial charge in [0.25, 0.3) is 0 Å². The molecule has 1 aliphatic heterocycles. The molecule has 2 aromatic heterocycles. The van der Waals surface area contributed by atoms with Gasteiger partial charge in [0.1, 0.15) is 0 Å². The number of benzene rings is 9. The second-order valence-corrected chi connectivity index (χ2v) is 19.0. The Bertz CT molecular complexity index is 3230. The van der Waals surface area contributed by atoms with Crippen molar-refractivity contribution < 1.29 is 0 Å². The first kappa shape index (κ1) is 32.1. The minimum absolute atomic E-state index is 1.16. The molecule has 12 rings (SSSR count). The van der Waals surface area contributed by atoms with Crippen molar-refractivity contribution in [1.82, 2.24) is 9.13 Å². The first-order valence-electron chi connectivity index (χ1n) is 19.8. The quantitative estimate of drug-likeness (QED) is 0.156. The first-order valence-corrected chi connectivity index (χ1v) is 21.8. The number of nitrogens with zero attached hydrogens (tertiary/aromatic N) is 2. The Morgan fingerprint density at radius 2 is 0.702 bits per heavy atom. The van der Waals surface area contributed by atoms with Crippen molar-refractivity contribution in [3.63, 3.8) is 0 Å². The van der Waals surface area contributed by atoms with E-state index in [1.807, 2.05) is 0 Å². The second-order valence-electron chi connectivity index (χ2n) is 15.3. The third-order valence-electron chi connectivity index (χ3n) is 12.4. The fourth-order valence-electron chi connectivity index (χ4n) is 9.99. The van der Waals surface area contributed by atoms with Gasteiger partial charge in [-0.05, 0) is 97.6 Å². The maximum absolute atomic E-state index is 2.64. The van der Waals surface area contributed by atoms with Gasteiger partial charge in [0.15, 0.2) is 8.07 Å². The molecular weight excluding hydrogens is 705 g/mol. The Hall–Kier alpha value is -7.20. The van der Waals surface area contributed by atoms with Crippen molar-refractivity contribution in [2.45, 2.75) is 0 Å². The molecule has 0 spiro atoms. The third kappa shape index (κ3) is 4.58. The predicted octanol–water partition coefficient (Wildman–Crippen LogP) is 10.9. The van der Waals surface area contributed by atoms with Gasteiger partial charge >= 0.3 is 0 Å². The van der Waals surface area contributed by atoms with E-state index in [4.69, 9.17) is 0 Å². The Balaban J connectivity index is 1.01. The van der Waals surface area contributed by atoms with E-state index in [2.05, 4.69) is 228 Å². The summed E-state index contributed by atoms with van der Waals surface area (Å²) in [5.74, 6) is 0. The van der Waals surface area contributed by atoms with Crippen molar-refractivity contribution in [3.05, 3.63) is 218 Å². The largest absolute Gasteiger partial charge is 0.309 e. The highest BCUT2D eigenvalue weighted by Crippen LogP contribution is 2.38. The second kappa shape index (κ2) is 12.4. The molecule has 3 heteroatoms. The standard InChI is InChI=1S/C54H36N2Si/c1-3-15-41(16-4-1)57(42-17-5-2-6-18-42)53-26-14-10-22-46(53)48-35-47-45-21-9-13-25-51(45)56(52(47)36-54(48)57)40-33-29-38(30-34-40)37-27-31-39(32-28-37)55-49-23-11-7-19-43(49)44-20-8-12-24-50(44)55/h1-36H. The molecule has 57 heavy (non-hydrogen) atoms. The molecule has 0 N–H and O–H groups in total. The minimum atomic E-state index is -2.64. The molecule has 2 nitrogen and oxygen atoms in total. The number of hydrogen-bond donors (Lipinski definition) is 0. The van der Waals surface area contributed by atoms with Crippen molar-refractivity contribution in [3.8, 4) is 33.6 Å². The van der Waals surface area contributed by atoms with Crippen molar-refractivity contribution in [1.29, 1.82) is 0 Å². The molecule has 0 bridgehead atoms. The van der Waals surface area contributed by atoms with Crippen LogP contribution in [-0.2, 0) is 0 Å². The summed E-state index contributed by atoms with van der Waals surface area (Å²) in [6.45, 7) is 0. The van der Waals surface area contributed by atoms with E-state index in [1.54, 1.807) is 0 Å². The molecule has 0 fully saturated rings. The fourth-order valence-corrected chi connectivity index (χ4v) is 15.2. The van der Waals surface area contributed by atoms with Crippen LogP contribution < -0.4 is 20.7 Å². The number of para-hydroxylation sites is 3. The molecule has 0 amide bonds. The van der Waals surface area contributed by atoms with E-state index < -0.39 is 8.07 Å². The van der Waals surface area contributed by atoms with Gasteiger partial charge < -0.3 is 9.13 Å². The summed E-state index contributed by atoms with van der Waals surface area (Å²) in [4.78, 5) is 0. The maximum Gasteiger partial charge on any atom is 0.180 e. The highest BCUT2D eigenvalue weighted by Gasteiger charge is 2.48. The van der Waals surface area contributed by atoms with Crippen LogP contribution in [-0.4, -0.2) is 17.2 Å². The summed E-state index contributed by atoms with van der Waals surface area (Å²) in [5, 5.41) is 10.9. The highest BCUT2D eigenvalue weighted by molar-refractivity contribution is 7.22. The van der Waals surface area contributed by atoms with E-state index in [0.29, 0.717) is 0 Å². The van der Waals surface area contributed by atoms with Gasteiger partial charge in [-0.15, -0.1) is 0 Å². The number of hydrogen-bond acceptors (Lipinski definition) is 0. The van der Waals surface area contributed by atoms with Crippen LogP contribution >= 0.6 is 0 Å². The van der Waals surface area contributed by atoms with Gasteiger partial charge in [-0.2, -0.15) is 0 Å². The average Bonchev–Trinajstić information content (AvgIpc) is 3.90. The SMILES string of the molecule is c1ccc([Si]2(c3ccccc3)c3ccccc3-c3cc4c5ccccc5n(-c5ccc(-c6ccc(-n7c8ccccc8c8ccccc87)cc6)cc5)c4cc32)cc1. The molecule has 266 valence electrons. The van der Waals surface area contributed by atoms with Crippen molar-refractivity contribution in [2.75, 3.05) is 0 Å². The van der Waals surface area contributed by atoms with Gasteiger partial charge in [0.05, 0.1) is 22.1 Å². The predicted molar refractivity (Wildman–Crippen MR) is 243 cm³/mol. The Morgan fingerprint density at radius 1 is 0.281 bits per heavy atom. The molecule has 0 aliphatic carbocycles. The molecule has 0 saturated carbocycles. The highest BCUT2D eigenvalue weighted by atomic mass is 28.3. The lowest BCUT2D eigenvalue weighted by Gasteiger charge is -2.31. The van der Waals surface area contributed by atoms with Crippen LogP contribution in [0.2, 0.25) is 0 Å². The van der Waals surface area contributed by atoms with Gasteiger partial charge in [0.2, 0.25) is 0 Å². The van der Waals surface area contributed by atoms with E-state index in [1.165, 1.54) is 92.3 Å². The van der Waals surface area contributed by atoms with Gasteiger partial charge in [0, 0.05) is 32.9 Å². The summed E-state index contributed by atoms with van der Waals surface area (Å²) in [7, 11) is -2.64. The number of rotatable bonds is 5. The lowest BCUT2D eigenvalue weighted by molar-refractivity contribution is 1.18. The average molecular weight is 741 g/mol. The molecule has 0 unspecified atom stereocenters. The molecule has 11 aromatic rings. The molecule has 3 heterocycles. The topological polar surface area (TPSA) is 9.86 Å². The van der Waals surface area contributed by atoms with Crippen molar-refractivity contribution >= 4 is 72.4 Å². The van der Waals surface area contributed by atoms with Crippen LogP contribution in [0, 0.1) is 0 Å². The van der Waals surface area contributed by atoms with Crippen LogP contribution in [0.1, 0.15) is 0 Å². The lowest BCUT2D eigenvalue weighted by atomic mass is 10.0. The maximum atomic E-state index is 2.55. The zero-order chi connectivity index (χ0) is 37.5. The van der Waals surface area contributed by atoms with Crippen LogP contribution in [0.25, 0.3) is 77.2 Å². The molecular formula is C54H36N2Si. The Morgan fingerprint density at radius 3 is 1.23 bits per heavy atom. The summed E-state index contributed by atoms with van der Waals surface area (Å²) in [5.41, 5.74) is 12.4. The third-order valence-corrected chi connectivity index (χ3v) is 17.3. The molecule has 0 atom stereocenters. The van der Waals surface area contributed by atoms with Crippen LogP contribution in [0.3, 0.4) is 0 Å². The van der Waals surface area contributed by atoms with Gasteiger partial charge in [-0.25, -0.2) is 0 Å². The Labute approximate surface area is 332 Å². The Kier molecular flexibility index (Phi) is 6.98. The first-order chi connectivity index (χ1) is 28.3. The normalized spacial score (nSPS) is 13.1. The summed E-state index contributed by atoms with van der Waals surface area (Å²) in [6.07, 6.45) is 0. The lowest BCUT2D eigenvalue weighted by Crippen LogP contribution is -2.72. The fraction of sp³-hybridized carbons (Fsp3) is 0. The molecule has 9 aromatic carbocycles. The molecule has 0 radical (unpaired) electrons. The van der Waals surface area contributed by atoms with Crippen molar-refractivity contribution in [2.24, 2.45) is 0 Å². The van der Waals surface area contributed by atoms with E-state index in [9.17, 15) is 0 Å². The van der Waals surface area contributed by atoms with Crippen LogP contribution in [0.4, 0.5) is 0 Å². The summed E-state index contributed by atoms with van der Waals surface area (Å²) in [6, 6.07) is 81.2. The van der Waals surface area contributed by atoms with E-state index in [0.717, 1.165) is 5.69 Å². The minimum Gasteiger partial charge on any atom is -0.309 e. The zero-order valence-corrected chi connectivity index (χ0v) is 32.2. The summed E-state index contributed by atoms with van der Waals surface area (Å²) >= 11 is 0. The molecule has 0 saturated heterocycles. The van der Waals surface area contributed by atoms with E-state index in [-0.39, 0.29) is 0 Å². The summed E-state index contributed by atoms with van der Waals surface area (Å²) < 4.78 is 4.86. The molecule has 1 aliphatic rings. The van der Waals surface area contributed by atoms with E-state index >= 15 is 0 Å². The van der Waals surface area contributed by atoms with Gasteiger partial charge in [-0.3, -0.25) is 0 Å². The van der Waals surface area contributed by atoms with Crippen LogP contribution in [0.15, 0.2) is 218 Å². The monoisotopic (exact) mass is 740 g/mol. The van der Waals surface area contributed by atoms with Gasteiger partial charge in [-0.1, -0.05) is 164 Å².